The number of rotatable bonds is 5. The number of fused-ring (bicyclic) bond motifs is 3. The topological polar surface area (TPSA) is 97.3 Å². The third-order valence-electron chi connectivity index (χ3n) is 5.76. The third-order valence-corrected chi connectivity index (χ3v) is 5.76. The number of imide groups is 1. The third kappa shape index (κ3) is 2.89. The van der Waals surface area contributed by atoms with Gasteiger partial charge in [0.2, 0.25) is 11.9 Å². The molecule has 2 aliphatic rings. The summed E-state index contributed by atoms with van der Waals surface area (Å²) < 4.78 is 14.4. The van der Waals surface area contributed by atoms with Gasteiger partial charge >= 0.3 is 12.0 Å². The lowest BCUT2D eigenvalue weighted by Crippen LogP contribution is -2.65. The van der Waals surface area contributed by atoms with Crippen molar-refractivity contribution in [1.29, 1.82) is 0 Å². The molecule has 1 fully saturated rings. The summed E-state index contributed by atoms with van der Waals surface area (Å²) in [5, 5.41) is 0. The fourth-order valence-electron chi connectivity index (χ4n) is 3.96. The van der Waals surface area contributed by atoms with Crippen LogP contribution in [0.1, 0.15) is 25.6 Å². The van der Waals surface area contributed by atoms with Crippen molar-refractivity contribution in [3.63, 3.8) is 0 Å². The number of likely N-dealkylation sites (N-methyl/N-ethyl adjacent to an activating group) is 1. The highest BCUT2D eigenvalue weighted by Crippen LogP contribution is 2.36. The molecule has 3 amide bonds. The molecule has 3 heterocycles. The summed E-state index contributed by atoms with van der Waals surface area (Å²) in [6.45, 7) is 4.79. The van der Waals surface area contributed by atoms with E-state index in [9.17, 15) is 14.4 Å². The van der Waals surface area contributed by atoms with E-state index in [2.05, 4.69) is 4.99 Å². The first kappa shape index (κ1) is 20.6. The quantitative estimate of drug-likeness (QED) is 0.676. The number of nitrogens with zero attached hydrogens (tertiary/aromatic N) is 5. The Labute approximate surface area is 179 Å². The van der Waals surface area contributed by atoms with Crippen LogP contribution in [0.2, 0.25) is 0 Å². The fourth-order valence-corrected chi connectivity index (χ4v) is 3.96. The molecule has 4 rings (SSSR count). The zero-order chi connectivity index (χ0) is 22.6. The van der Waals surface area contributed by atoms with Crippen LogP contribution in [0.5, 0.6) is 11.5 Å². The minimum Gasteiger partial charge on any atom is -0.497 e. The van der Waals surface area contributed by atoms with Gasteiger partial charge < -0.3 is 9.47 Å². The Morgan fingerprint density at radius 1 is 1.23 bits per heavy atom. The second-order valence-electron chi connectivity index (χ2n) is 7.56. The first-order chi connectivity index (χ1) is 14.7. The Kier molecular flexibility index (Phi) is 4.79. The maximum absolute atomic E-state index is 13.3. The van der Waals surface area contributed by atoms with E-state index in [0.29, 0.717) is 29.0 Å². The van der Waals surface area contributed by atoms with E-state index in [4.69, 9.17) is 9.47 Å². The number of benzene rings is 1. The number of carbonyl (C=O) groups is 3. The van der Waals surface area contributed by atoms with Crippen molar-refractivity contribution in [3.05, 3.63) is 30.1 Å². The molecule has 2 unspecified atom stereocenters. The van der Waals surface area contributed by atoms with E-state index in [0.717, 1.165) is 10.6 Å². The molecule has 2 aliphatic heterocycles. The molecule has 10 nitrogen and oxygen atoms in total. The standard InChI is InChI=1S/C21H24N5O5/c1-11-10-24-17-18(23(4)21(29)26(19(17)28)12(2)13(3)27)22-20(24)25(11)15-9-14(30-5)7-8-16(15)31-6/h7-10,12,17H,1-6H3/q+1. The Balaban J connectivity index is 1.89. The zero-order valence-electron chi connectivity index (χ0n) is 18.2. The molecule has 31 heavy (non-hydrogen) atoms. The van der Waals surface area contributed by atoms with Crippen LogP contribution in [-0.2, 0) is 9.59 Å². The minimum absolute atomic E-state index is 0.270. The van der Waals surface area contributed by atoms with Gasteiger partial charge in [0.05, 0.1) is 20.3 Å². The maximum atomic E-state index is 13.3. The highest BCUT2D eigenvalue weighted by Gasteiger charge is 2.54. The summed E-state index contributed by atoms with van der Waals surface area (Å²) in [6.07, 6.45) is 1.80. The van der Waals surface area contributed by atoms with Gasteiger partial charge in [-0.1, -0.05) is 4.99 Å². The number of carbonyl (C=O) groups excluding carboxylic acids is 3. The van der Waals surface area contributed by atoms with Gasteiger partial charge in [-0.3, -0.25) is 14.5 Å². The first-order valence-electron chi connectivity index (χ1n) is 9.77. The van der Waals surface area contributed by atoms with E-state index >= 15 is 0 Å². The molecule has 0 aliphatic carbocycles. The second-order valence-corrected chi connectivity index (χ2v) is 7.56. The van der Waals surface area contributed by atoms with Crippen molar-refractivity contribution >= 4 is 29.5 Å². The van der Waals surface area contributed by atoms with Gasteiger partial charge in [0.15, 0.2) is 17.2 Å². The molecule has 2 atom stereocenters. The van der Waals surface area contributed by atoms with Gasteiger partial charge in [-0.2, -0.15) is 4.57 Å². The molecular formula is C21H24N5O5+. The molecule has 0 spiro atoms. The van der Waals surface area contributed by atoms with Crippen LogP contribution < -0.4 is 14.0 Å². The smallest absolute Gasteiger partial charge is 0.407 e. The van der Waals surface area contributed by atoms with Gasteiger partial charge in [-0.05, 0) is 32.9 Å². The lowest BCUT2D eigenvalue weighted by Gasteiger charge is -2.35. The van der Waals surface area contributed by atoms with Gasteiger partial charge in [-0.25, -0.2) is 14.3 Å². The molecule has 1 aromatic carbocycles. The predicted molar refractivity (Wildman–Crippen MR) is 110 cm³/mol. The number of Topliss-reactive ketones (excluding diaryl/α,β-unsaturated/α-hetero) is 1. The van der Waals surface area contributed by atoms with Gasteiger partial charge in [0.25, 0.3) is 5.91 Å². The Bertz CT molecular complexity index is 1150. The number of amidine groups is 1. The van der Waals surface area contributed by atoms with Gasteiger partial charge in [-0.15, -0.1) is 0 Å². The van der Waals surface area contributed by atoms with Crippen LogP contribution in [0.15, 0.2) is 29.4 Å². The fraction of sp³-hybridized carbons (Fsp3) is 0.381. The largest absolute Gasteiger partial charge is 0.497 e. The predicted octanol–water partition coefficient (Wildman–Crippen LogP) is 1.55. The number of aliphatic imine (C=N–C) groups is 1. The number of imidazole rings is 1. The monoisotopic (exact) mass is 426 g/mol. The molecular weight excluding hydrogens is 402 g/mol. The van der Waals surface area contributed by atoms with Crippen molar-refractivity contribution in [2.24, 2.45) is 4.99 Å². The number of ketones is 1. The molecule has 1 aromatic heterocycles. The average Bonchev–Trinajstić information content (AvgIpc) is 3.26. The molecule has 1 saturated heterocycles. The lowest BCUT2D eigenvalue weighted by molar-refractivity contribution is -0.676. The minimum atomic E-state index is -0.865. The second kappa shape index (κ2) is 7.22. The zero-order valence-corrected chi connectivity index (χ0v) is 18.2. The Morgan fingerprint density at radius 3 is 2.55 bits per heavy atom. The molecule has 162 valence electrons. The summed E-state index contributed by atoms with van der Waals surface area (Å²) in [5.41, 5.74) is 1.49. The van der Waals surface area contributed by atoms with E-state index in [-0.39, 0.29) is 5.78 Å². The number of aromatic nitrogens is 2. The van der Waals surface area contributed by atoms with Gasteiger partial charge in [0.1, 0.15) is 17.6 Å². The van der Waals surface area contributed by atoms with Crippen LogP contribution in [0.3, 0.4) is 0 Å². The van der Waals surface area contributed by atoms with Crippen LogP contribution in [0.25, 0.3) is 5.69 Å². The number of hydrogen-bond donors (Lipinski definition) is 0. The Morgan fingerprint density at radius 2 is 1.94 bits per heavy atom. The van der Waals surface area contributed by atoms with Crippen molar-refractivity contribution in [1.82, 2.24) is 14.4 Å². The summed E-state index contributed by atoms with van der Waals surface area (Å²) >= 11 is 0. The molecule has 0 radical (unpaired) electrons. The summed E-state index contributed by atoms with van der Waals surface area (Å²) in [5.74, 6) is 1.26. The van der Waals surface area contributed by atoms with Crippen LogP contribution >= 0.6 is 0 Å². The van der Waals surface area contributed by atoms with Crippen molar-refractivity contribution in [2.45, 2.75) is 32.9 Å². The van der Waals surface area contributed by atoms with Crippen LogP contribution in [0.4, 0.5) is 10.7 Å². The molecule has 0 saturated carbocycles. The number of hydrogen-bond acceptors (Lipinski definition) is 6. The normalized spacial score (nSPS) is 18.5. The molecule has 0 N–H and O–H groups in total. The van der Waals surface area contributed by atoms with E-state index in [1.54, 1.807) is 51.1 Å². The molecule has 0 bridgehead atoms. The average molecular weight is 426 g/mol. The van der Waals surface area contributed by atoms with Crippen molar-refractivity contribution in [3.8, 4) is 17.2 Å². The maximum Gasteiger partial charge on any atom is 0.407 e. The number of amides is 3. The molecule has 2 aromatic rings. The molecule has 10 heteroatoms. The number of urea groups is 1. The van der Waals surface area contributed by atoms with Crippen molar-refractivity contribution in [2.75, 3.05) is 21.3 Å². The van der Waals surface area contributed by atoms with Crippen LogP contribution in [0, 0.1) is 6.92 Å². The lowest BCUT2D eigenvalue weighted by atomic mass is 10.1. The van der Waals surface area contributed by atoms with Gasteiger partial charge in [0, 0.05) is 13.1 Å². The highest BCUT2D eigenvalue weighted by molar-refractivity contribution is 6.20. The number of ether oxygens (including phenoxy) is 2. The van der Waals surface area contributed by atoms with E-state index in [1.165, 1.54) is 11.8 Å². The van der Waals surface area contributed by atoms with Crippen LogP contribution in [-0.4, -0.2) is 65.2 Å². The Hall–Kier alpha value is -3.69. The summed E-state index contributed by atoms with van der Waals surface area (Å²) in [7, 11) is 4.70. The SMILES string of the molecule is COc1ccc(OC)c(-n2c(C)c[n+]3c2N=C2C3C(=O)N(C(C)C(C)=O)C(=O)N2C)c1. The first-order valence-corrected chi connectivity index (χ1v) is 9.77. The number of aryl methyl sites for hydroxylation is 1. The van der Waals surface area contributed by atoms with E-state index < -0.39 is 24.0 Å². The summed E-state index contributed by atoms with van der Waals surface area (Å²) in [6, 6.07) is 3.12. The summed E-state index contributed by atoms with van der Waals surface area (Å²) in [4.78, 5) is 45.1. The highest BCUT2D eigenvalue weighted by atomic mass is 16.5. The van der Waals surface area contributed by atoms with E-state index in [1.807, 2.05) is 17.6 Å². The number of methoxy groups -OCH3 is 2. The van der Waals surface area contributed by atoms with Crippen molar-refractivity contribution < 1.29 is 28.4 Å².